The minimum absolute atomic E-state index is 0.0730. The predicted molar refractivity (Wildman–Crippen MR) is 56.5 cm³/mol. The van der Waals surface area contributed by atoms with Gasteiger partial charge in [0.05, 0.1) is 19.3 Å². The van der Waals surface area contributed by atoms with Crippen LogP contribution >= 0.6 is 0 Å². The van der Waals surface area contributed by atoms with Crippen LogP contribution in [-0.2, 0) is 9.53 Å². The zero-order valence-corrected chi connectivity index (χ0v) is 9.52. The Morgan fingerprint density at radius 2 is 2.33 bits per heavy atom. The Bertz CT molecular complexity index is 335. The van der Waals surface area contributed by atoms with Crippen LogP contribution in [0.1, 0.15) is 18.5 Å². The number of esters is 1. The number of aromatic nitrogens is 2. The molecule has 1 rings (SSSR count). The molecule has 0 spiro atoms. The highest BCUT2D eigenvalue weighted by molar-refractivity contribution is 5.76. The molecule has 0 saturated carbocycles. The number of carbonyl (C=O) groups is 1. The molecule has 0 aliphatic carbocycles. The third-order valence-electron chi connectivity index (χ3n) is 2.40. The van der Waals surface area contributed by atoms with Crippen molar-refractivity contribution in [2.45, 2.75) is 25.9 Å². The van der Waals surface area contributed by atoms with Crippen LogP contribution in [0.15, 0.2) is 12.4 Å². The minimum atomic E-state index is -0.380. The lowest BCUT2D eigenvalue weighted by Crippen LogP contribution is -2.41. The SMILES string of the molecule is CNC(C(=O)OC)C(C)n1cc(C)cn1. The maximum absolute atomic E-state index is 11.4. The summed E-state index contributed by atoms with van der Waals surface area (Å²) in [5.74, 6) is -0.279. The molecule has 0 bridgehead atoms. The fourth-order valence-corrected chi connectivity index (χ4v) is 1.49. The van der Waals surface area contributed by atoms with Gasteiger partial charge in [-0.15, -0.1) is 0 Å². The lowest BCUT2D eigenvalue weighted by Gasteiger charge is -2.21. The van der Waals surface area contributed by atoms with Crippen LogP contribution in [0.25, 0.3) is 0 Å². The molecule has 1 aromatic heterocycles. The standard InChI is InChI=1S/C10H17N3O2/c1-7-5-12-13(6-7)8(2)9(11-3)10(14)15-4/h5-6,8-9,11H,1-4H3. The molecule has 1 heterocycles. The molecular formula is C10H17N3O2. The number of aryl methyl sites for hydroxylation is 1. The number of hydrogen-bond acceptors (Lipinski definition) is 4. The first kappa shape index (κ1) is 11.7. The van der Waals surface area contributed by atoms with Gasteiger partial charge in [-0.25, -0.2) is 0 Å². The molecule has 0 aliphatic rings. The number of ether oxygens (including phenoxy) is 1. The molecule has 1 N–H and O–H groups in total. The second kappa shape index (κ2) is 4.93. The highest BCUT2D eigenvalue weighted by Gasteiger charge is 2.25. The molecule has 15 heavy (non-hydrogen) atoms. The molecule has 2 atom stereocenters. The van der Waals surface area contributed by atoms with Crippen LogP contribution in [0.3, 0.4) is 0 Å². The van der Waals surface area contributed by atoms with Gasteiger partial charge < -0.3 is 10.1 Å². The van der Waals surface area contributed by atoms with Gasteiger partial charge in [-0.2, -0.15) is 5.10 Å². The van der Waals surface area contributed by atoms with Crippen molar-refractivity contribution >= 4 is 5.97 Å². The van der Waals surface area contributed by atoms with Crippen LogP contribution in [-0.4, -0.2) is 35.9 Å². The first-order chi connectivity index (χ1) is 7.10. The van der Waals surface area contributed by atoms with Crippen LogP contribution in [0, 0.1) is 6.92 Å². The normalized spacial score (nSPS) is 14.7. The van der Waals surface area contributed by atoms with Crippen molar-refractivity contribution in [3.8, 4) is 0 Å². The average Bonchev–Trinajstić information content (AvgIpc) is 2.65. The van der Waals surface area contributed by atoms with E-state index >= 15 is 0 Å². The molecule has 2 unspecified atom stereocenters. The van der Waals surface area contributed by atoms with Crippen molar-refractivity contribution in [1.82, 2.24) is 15.1 Å². The van der Waals surface area contributed by atoms with Crippen molar-refractivity contribution in [3.63, 3.8) is 0 Å². The van der Waals surface area contributed by atoms with Crippen molar-refractivity contribution < 1.29 is 9.53 Å². The molecule has 5 heteroatoms. The van der Waals surface area contributed by atoms with E-state index in [-0.39, 0.29) is 18.1 Å². The third kappa shape index (κ3) is 2.56. The summed E-state index contributed by atoms with van der Waals surface area (Å²) in [4.78, 5) is 11.4. The number of hydrogen-bond donors (Lipinski definition) is 1. The summed E-state index contributed by atoms with van der Waals surface area (Å²) in [6, 6.07) is -0.453. The van der Waals surface area contributed by atoms with Crippen LogP contribution in [0.4, 0.5) is 0 Å². The van der Waals surface area contributed by atoms with Gasteiger partial charge in [0, 0.05) is 6.20 Å². The summed E-state index contributed by atoms with van der Waals surface area (Å²) in [5.41, 5.74) is 1.07. The van der Waals surface area contributed by atoms with E-state index in [4.69, 9.17) is 4.74 Å². The Morgan fingerprint density at radius 3 is 2.73 bits per heavy atom. The third-order valence-corrected chi connectivity index (χ3v) is 2.40. The van der Waals surface area contributed by atoms with Gasteiger partial charge in [0.25, 0.3) is 0 Å². The summed E-state index contributed by atoms with van der Waals surface area (Å²) < 4.78 is 6.47. The van der Waals surface area contributed by atoms with Crippen LogP contribution < -0.4 is 5.32 Å². The van der Waals surface area contributed by atoms with E-state index in [1.165, 1.54) is 7.11 Å². The lowest BCUT2D eigenvalue weighted by atomic mass is 10.1. The molecule has 0 aliphatic heterocycles. The Balaban J connectivity index is 2.81. The smallest absolute Gasteiger partial charge is 0.325 e. The van der Waals surface area contributed by atoms with Crippen molar-refractivity contribution in [2.24, 2.45) is 0 Å². The predicted octanol–water partition coefficient (Wildman–Crippen LogP) is 0.514. The van der Waals surface area contributed by atoms with E-state index in [1.807, 2.05) is 20.0 Å². The highest BCUT2D eigenvalue weighted by Crippen LogP contribution is 2.11. The van der Waals surface area contributed by atoms with Crippen LogP contribution in [0.2, 0.25) is 0 Å². The van der Waals surface area contributed by atoms with Crippen molar-refractivity contribution in [1.29, 1.82) is 0 Å². The maximum Gasteiger partial charge on any atom is 0.325 e. The van der Waals surface area contributed by atoms with Gasteiger partial charge in [0.15, 0.2) is 0 Å². The monoisotopic (exact) mass is 211 g/mol. The molecule has 0 fully saturated rings. The van der Waals surface area contributed by atoms with Gasteiger partial charge in [-0.05, 0) is 26.5 Å². The molecule has 5 nitrogen and oxygen atoms in total. The Hall–Kier alpha value is -1.36. The molecule has 0 radical (unpaired) electrons. The Morgan fingerprint density at radius 1 is 1.67 bits per heavy atom. The number of likely N-dealkylation sites (N-methyl/N-ethyl adjacent to an activating group) is 1. The van der Waals surface area contributed by atoms with E-state index in [9.17, 15) is 4.79 Å². The van der Waals surface area contributed by atoms with Gasteiger partial charge in [0.1, 0.15) is 6.04 Å². The topological polar surface area (TPSA) is 56.1 Å². The van der Waals surface area contributed by atoms with Crippen molar-refractivity contribution in [2.75, 3.05) is 14.2 Å². The maximum atomic E-state index is 11.4. The summed E-state index contributed by atoms with van der Waals surface area (Å²) in [7, 11) is 3.11. The largest absolute Gasteiger partial charge is 0.468 e. The van der Waals surface area contributed by atoms with E-state index in [0.29, 0.717) is 0 Å². The number of rotatable bonds is 4. The Labute approximate surface area is 89.4 Å². The van der Waals surface area contributed by atoms with E-state index in [0.717, 1.165) is 5.56 Å². The molecule has 0 amide bonds. The van der Waals surface area contributed by atoms with Crippen LogP contribution in [0.5, 0.6) is 0 Å². The van der Waals surface area contributed by atoms with E-state index in [1.54, 1.807) is 17.9 Å². The molecule has 84 valence electrons. The average molecular weight is 211 g/mol. The lowest BCUT2D eigenvalue weighted by molar-refractivity contribution is -0.144. The number of nitrogens with zero attached hydrogens (tertiary/aromatic N) is 2. The summed E-state index contributed by atoms with van der Waals surface area (Å²) in [6.45, 7) is 3.88. The highest BCUT2D eigenvalue weighted by atomic mass is 16.5. The molecule has 0 aromatic carbocycles. The summed E-state index contributed by atoms with van der Waals surface area (Å²) in [5, 5.41) is 7.10. The second-order valence-electron chi connectivity index (χ2n) is 3.53. The van der Waals surface area contributed by atoms with E-state index in [2.05, 4.69) is 10.4 Å². The Kier molecular flexibility index (Phi) is 3.85. The first-order valence-corrected chi connectivity index (χ1v) is 4.86. The quantitative estimate of drug-likeness (QED) is 0.737. The number of methoxy groups -OCH3 is 1. The summed E-state index contributed by atoms with van der Waals surface area (Å²) >= 11 is 0. The van der Waals surface area contributed by atoms with E-state index < -0.39 is 0 Å². The molecular weight excluding hydrogens is 194 g/mol. The second-order valence-corrected chi connectivity index (χ2v) is 3.53. The minimum Gasteiger partial charge on any atom is -0.468 e. The fraction of sp³-hybridized carbons (Fsp3) is 0.600. The summed E-state index contributed by atoms with van der Waals surface area (Å²) in [6.07, 6.45) is 3.67. The van der Waals surface area contributed by atoms with Crippen molar-refractivity contribution in [3.05, 3.63) is 18.0 Å². The molecule has 1 aromatic rings. The molecule has 0 saturated heterocycles. The number of nitrogens with one attached hydrogen (secondary N) is 1. The number of carbonyl (C=O) groups excluding carboxylic acids is 1. The van der Waals surface area contributed by atoms with Gasteiger partial charge >= 0.3 is 5.97 Å². The zero-order valence-electron chi connectivity index (χ0n) is 9.52. The zero-order chi connectivity index (χ0) is 11.4. The fourth-order valence-electron chi connectivity index (χ4n) is 1.49. The van der Waals surface area contributed by atoms with Gasteiger partial charge in [-0.1, -0.05) is 0 Å². The van der Waals surface area contributed by atoms with Gasteiger partial charge in [0.2, 0.25) is 0 Å². The first-order valence-electron chi connectivity index (χ1n) is 4.86. The van der Waals surface area contributed by atoms with Gasteiger partial charge in [-0.3, -0.25) is 9.48 Å².